The molecular formula is H2Cl2Na2O2. The topological polar surface area (TPSA) is 40.5 Å². The molecule has 0 aromatic rings. The van der Waals surface area contributed by atoms with E-state index in [-0.39, 0.29) is 83.9 Å². The van der Waals surface area contributed by atoms with E-state index in [0.29, 0.717) is 0 Å². The molecule has 0 aliphatic rings. The van der Waals surface area contributed by atoms with Crippen molar-refractivity contribution in [3.8, 4) is 0 Å². The van der Waals surface area contributed by atoms with E-state index in [0.717, 1.165) is 0 Å². The van der Waals surface area contributed by atoms with Crippen LogP contribution in [0.5, 0.6) is 0 Å². The molecule has 6 heavy (non-hydrogen) atoms. The van der Waals surface area contributed by atoms with Crippen LogP contribution >= 0.6 is 0 Å². The van der Waals surface area contributed by atoms with Gasteiger partial charge < -0.3 is 24.8 Å². The summed E-state index contributed by atoms with van der Waals surface area (Å²) < 4.78 is 0. The van der Waals surface area contributed by atoms with E-state index >= 15 is 0 Å². The van der Waals surface area contributed by atoms with Crippen molar-refractivity contribution in [1.82, 2.24) is 0 Å². The fourth-order valence-electron chi connectivity index (χ4n) is 0. The van der Waals surface area contributed by atoms with Gasteiger partial charge in [0.25, 0.3) is 0 Å². The summed E-state index contributed by atoms with van der Waals surface area (Å²) in [5, 5.41) is 12.0. The maximum Gasteiger partial charge on any atom is 1.00 e. The number of halogens is 2. The second kappa shape index (κ2) is 50.7. The smallest absolute Gasteiger partial charge is 1.00 e. The van der Waals surface area contributed by atoms with Gasteiger partial charge in [-0.3, -0.25) is 10.5 Å². The van der Waals surface area contributed by atoms with Crippen LogP contribution in [0.3, 0.4) is 0 Å². The van der Waals surface area contributed by atoms with Crippen LogP contribution in [0.1, 0.15) is 0 Å². The summed E-state index contributed by atoms with van der Waals surface area (Å²) in [5.74, 6) is 0. The Morgan fingerprint density at radius 3 is 0.667 bits per heavy atom. The zero-order valence-corrected chi connectivity index (χ0v) is 9.16. The molecule has 0 unspecified atom stereocenters. The molecule has 0 aromatic heterocycles. The minimum absolute atomic E-state index is 0. The average molecular weight is 151 g/mol. The first-order valence-corrected chi connectivity index (χ1v) is 0.200. The predicted octanol–water partition coefficient (Wildman–Crippen LogP) is -12.0. The molecule has 0 radical (unpaired) electrons. The summed E-state index contributed by atoms with van der Waals surface area (Å²) in [6.45, 7) is 0. The molecule has 0 aromatic carbocycles. The molecule has 0 aliphatic heterocycles. The number of hydrogen-bond donors (Lipinski definition) is 2. The van der Waals surface area contributed by atoms with E-state index in [1.165, 1.54) is 0 Å². The average Bonchev–Trinajstić information content (AvgIpc) is 1.00. The molecule has 2 N–H and O–H groups in total. The van der Waals surface area contributed by atoms with E-state index in [2.05, 4.69) is 0 Å². The molecule has 30 valence electrons. The van der Waals surface area contributed by atoms with Crippen molar-refractivity contribution in [1.29, 1.82) is 0 Å². The summed E-state index contributed by atoms with van der Waals surface area (Å²) in [6, 6.07) is 0. The zero-order valence-electron chi connectivity index (χ0n) is 3.65. The van der Waals surface area contributed by atoms with E-state index in [4.69, 9.17) is 10.5 Å². The first-order chi connectivity index (χ1) is 1.00. The molecule has 0 atom stereocenters. The molecule has 0 saturated heterocycles. The quantitative estimate of drug-likeness (QED) is 0.205. The maximum atomic E-state index is 6.00. The summed E-state index contributed by atoms with van der Waals surface area (Å²) >= 11 is 0. The van der Waals surface area contributed by atoms with Crippen LogP contribution in [-0.4, -0.2) is 10.5 Å². The fraction of sp³-hybridized carbons (Fsp3) is 0. The molecule has 0 fully saturated rings. The van der Waals surface area contributed by atoms with Gasteiger partial charge in [0.2, 0.25) is 0 Å². The molecule has 0 saturated carbocycles. The van der Waals surface area contributed by atoms with Gasteiger partial charge in [0.05, 0.1) is 0 Å². The fourth-order valence-corrected chi connectivity index (χ4v) is 0. The summed E-state index contributed by atoms with van der Waals surface area (Å²) in [7, 11) is 0. The van der Waals surface area contributed by atoms with Gasteiger partial charge in [0.15, 0.2) is 0 Å². The second-order valence-electron chi connectivity index (χ2n) is 0. The summed E-state index contributed by atoms with van der Waals surface area (Å²) in [4.78, 5) is 0. The Labute approximate surface area is 93.0 Å². The third-order valence-corrected chi connectivity index (χ3v) is 0. The molecule has 0 aliphatic carbocycles. The Balaban J connectivity index is -0.000000000833. The van der Waals surface area contributed by atoms with E-state index in [9.17, 15) is 0 Å². The molecule has 6 heteroatoms. The summed E-state index contributed by atoms with van der Waals surface area (Å²) in [6.07, 6.45) is 0. The SMILES string of the molecule is OO.[Cl-].[Cl-].[Na+].[Na+]. The molecule has 0 spiro atoms. The summed E-state index contributed by atoms with van der Waals surface area (Å²) in [5.41, 5.74) is 0. The Kier molecular flexibility index (Phi) is 330. The van der Waals surface area contributed by atoms with Gasteiger partial charge >= 0.3 is 59.1 Å². The largest absolute Gasteiger partial charge is 1.00 e. The van der Waals surface area contributed by atoms with Crippen LogP contribution in [0.25, 0.3) is 0 Å². The van der Waals surface area contributed by atoms with Gasteiger partial charge in [-0.15, -0.1) is 0 Å². The van der Waals surface area contributed by atoms with Crippen LogP contribution in [-0.2, 0) is 0 Å². The van der Waals surface area contributed by atoms with Crippen molar-refractivity contribution in [3.05, 3.63) is 0 Å². The van der Waals surface area contributed by atoms with Crippen LogP contribution < -0.4 is 83.9 Å². The van der Waals surface area contributed by atoms with Gasteiger partial charge in [-0.2, -0.15) is 0 Å². The van der Waals surface area contributed by atoms with E-state index < -0.39 is 0 Å². The monoisotopic (exact) mass is 150 g/mol. The van der Waals surface area contributed by atoms with Crippen molar-refractivity contribution < 1.29 is 94.4 Å². The van der Waals surface area contributed by atoms with Crippen molar-refractivity contribution in [2.75, 3.05) is 0 Å². The molecular weight excluding hydrogens is 149 g/mol. The van der Waals surface area contributed by atoms with Crippen molar-refractivity contribution >= 4 is 0 Å². The van der Waals surface area contributed by atoms with Gasteiger partial charge in [0.1, 0.15) is 0 Å². The molecule has 2 nitrogen and oxygen atoms in total. The molecule has 0 bridgehead atoms. The molecule has 0 amide bonds. The Hall–Kier alpha value is 2.50. The minimum Gasteiger partial charge on any atom is -1.00 e. The first-order valence-electron chi connectivity index (χ1n) is 0.200. The van der Waals surface area contributed by atoms with Crippen LogP contribution in [0.4, 0.5) is 0 Å². The van der Waals surface area contributed by atoms with Crippen LogP contribution in [0.15, 0.2) is 0 Å². The minimum atomic E-state index is 0. The van der Waals surface area contributed by atoms with Crippen molar-refractivity contribution in [2.24, 2.45) is 0 Å². The van der Waals surface area contributed by atoms with Gasteiger partial charge in [-0.25, -0.2) is 0 Å². The first kappa shape index (κ1) is 39.0. The zero-order chi connectivity index (χ0) is 2.00. The predicted molar refractivity (Wildman–Crippen MR) is 5.26 cm³/mol. The number of hydrogen-bond acceptors (Lipinski definition) is 2. The Morgan fingerprint density at radius 2 is 0.667 bits per heavy atom. The van der Waals surface area contributed by atoms with Crippen LogP contribution in [0.2, 0.25) is 0 Å². The third-order valence-electron chi connectivity index (χ3n) is 0. The third kappa shape index (κ3) is 31.5. The van der Waals surface area contributed by atoms with Gasteiger partial charge in [0, 0.05) is 0 Å². The van der Waals surface area contributed by atoms with Crippen LogP contribution in [0, 0.1) is 0 Å². The van der Waals surface area contributed by atoms with Gasteiger partial charge in [-0.05, 0) is 0 Å². The van der Waals surface area contributed by atoms with Crippen molar-refractivity contribution in [3.63, 3.8) is 0 Å². The Morgan fingerprint density at radius 1 is 0.667 bits per heavy atom. The molecule has 0 rings (SSSR count). The number of rotatable bonds is 0. The second-order valence-corrected chi connectivity index (χ2v) is 0. The van der Waals surface area contributed by atoms with E-state index in [1.807, 2.05) is 0 Å². The molecule has 0 heterocycles. The Bertz CT molecular complexity index is 9.51. The van der Waals surface area contributed by atoms with Gasteiger partial charge in [-0.1, -0.05) is 0 Å². The maximum absolute atomic E-state index is 6.00. The van der Waals surface area contributed by atoms with E-state index in [1.54, 1.807) is 0 Å². The standard InChI is InChI=1S/2ClH.2Na.H2O2/c;;;;1-2/h2*1H;;;1-2H/q;;2*+1;/p-2. The van der Waals surface area contributed by atoms with Crippen molar-refractivity contribution in [2.45, 2.75) is 0 Å². The normalized spacial score (nSPS) is 1.00.